The maximum atomic E-state index is 13.3. The van der Waals surface area contributed by atoms with Gasteiger partial charge < -0.3 is 10.1 Å². The summed E-state index contributed by atoms with van der Waals surface area (Å²) in [6.07, 6.45) is -0.885. The molecule has 0 saturated heterocycles. The highest BCUT2D eigenvalue weighted by Gasteiger charge is 2.17. The Morgan fingerprint density at radius 1 is 0.923 bits per heavy atom. The van der Waals surface area contributed by atoms with Gasteiger partial charge >= 0.3 is 0 Å². The lowest BCUT2D eigenvalue weighted by molar-refractivity contribution is -0.122. The van der Waals surface area contributed by atoms with Crippen molar-refractivity contribution in [2.45, 2.75) is 13.0 Å². The van der Waals surface area contributed by atoms with Crippen LogP contribution in [0.25, 0.3) is 11.1 Å². The Morgan fingerprint density at radius 2 is 1.62 bits per heavy atom. The lowest BCUT2D eigenvalue weighted by Crippen LogP contribution is -2.30. The van der Waals surface area contributed by atoms with E-state index in [1.807, 2.05) is 48.5 Å². The van der Waals surface area contributed by atoms with Gasteiger partial charge in [0.25, 0.3) is 5.91 Å². The molecule has 26 heavy (non-hydrogen) atoms. The lowest BCUT2D eigenvalue weighted by atomic mass is 10.0. The van der Waals surface area contributed by atoms with Crippen LogP contribution in [0.1, 0.15) is 6.92 Å². The third kappa shape index (κ3) is 4.06. The van der Waals surface area contributed by atoms with Crippen molar-refractivity contribution < 1.29 is 18.3 Å². The molecule has 0 unspecified atom stereocenters. The second kappa shape index (κ2) is 7.78. The van der Waals surface area contributed by atoms with E-state index in [1.54, 1.807) is 13.0 Å². The number of rotatable bonds is 5. The quantitative estimate of drug-likeness (QED) is 0.698. The van der Waals surface area contributed by atoms with E-state index in [9.17, 15) is 13.6 Å². The Labute approximate surface area is 150 Å². The van der Waals surface area contributed by atoms with Crippen LogP contribution in [-0.4, -0.2) is 12.0 Å². The van der Waals surface area contributed by atoms with Crippen LogP contribution in [0, 0.1) is 11.6 Å². The molecular formula is C21H17F2NO2. The topological polar surface area (TPSA) is 38.3 Å². The first-order valence-electron chi connectivity index (χ1n) is 8.11. The Bertz CT molecular complexity index is 913. The number of hydrogen-bond donors (Lipinski definition) is 1. The molecule has 1 amide bonds. The molecule has 0 fully saturated rings. The van der Waals surface area contributed by atoms with E-state index < -0.39 is 23.6 Å². The minimum Gasteiger partial charge on any atom is -0.481 e. The third-order valence-electron chi connectivity index (χ3n) is 3.84. The molecule has 1 N–H and O–H groups in total. The average Bonchev–Trinajstić information content (AvgIpc) is 2.66. The van der Waals surface area contributed by atoms with Crippen LogP contribution in [0.4, 0.5) is 14.5 Å². The molecular weight excluding hydrogens is 336 g/mol. The lowest BCUT2D eigenvalue weighted by Gasteiger charge is -2.17. The molecule has 3 aromatic carbocycles. The van der Waals surface area contributed by atoms with Crippen molar-refractivity contribution in [1.29, 1.82) is 0 Å². The number of carbonyl (C=O) groups excluding carboxylic acids is 1. The minimum atomic E-state index is -1.02. The van der Waals surface area contributed by atoms with Gasteiger partial charge in [-0.3, -0.25) is 4.79 Å². The number of carbonyl (C=O) groups is 1. The first kappa shape index (κ1) is 17.6. The highest BCUT2D eigenvalue weighted by molar-refractivity contribution is 5.97. The van der Waals surface area contributed by atoms with Gasteiger partial charge in [-0.2, -0.15) is 0 Å². The van der Waals surface area contributed by atoms with Crippen molar-refractivity contribution in [2.75, 3.05) is 5.32 Å². The van der Waals surface area contributed by atoms with Gasteiger partial charge in [0.2, 0.25) is 0 Å². The van der Waals surface area contributed by atoms with Crippen LogP contribution in [-0.2, 0) is 4.79 Å². The van der Waals surface area contributed by atoms with Gasteiger partial charge in [-0.25, -0.2) is 8.78 Å². The second-order valence-electron chi connectivity index (χ2n) is 5.74. The SMILES string of the molecule is C[C@H](Oc1ccc(F)c(F)c1)C(=O)Nc1ccccc1-c1ccccc1. The van der Waals surface area contributed by atoms with Gasteiger partial charge in [-0.05, 0) is 30.7 Å². The van der Waals surface area contributed by atoms with Crippen LogP contribution in [0.5, 0.6) is 5.75 Å². The highest BCUT2D eigenvalue weighted by Crippen LogP contribution is 2.27. The number of amides is 1. The Kier molecular flexibility index (Phi) is 5.27. The predicted molar refractivity (Wildman–Crippen MR) is 97.0 cm³/mol. The molecule has 3 rings (SSSR count). The van der Waals surface area contributed by atoms with E-state index in [1.165, 1.54) is 6.07 Å². The van der Waals surface area contributed by atoms with E-state index in [-0.39, 0.29) is 5.75 Å². The van der Waals surface area contributed by atoms with Crippen molar-refractivity contribution in [1.82, 2.24) is 0 Å². The normalized spacial score (nSPS) is 11.7. The van der Waals surface area contributed by atoms with E-state index in [4.69, 9.17) is 4.74 Å². The number of ether oxygens (including phenoxy) is 1. The molecule has 0 aliphatic carbocycles. The minimum absolute atomic E-state index is 0.0860. The van der Waals surface area contributed by atoms with Crippen molar-refractivity contribution in [3.05, 3.63) is 84.4 Å². The largest absolute Gasteiger partial charge is 0.481 e. The standard InChI is InChI=1S/C21H17F2NO2/c1-14(26-16-11-12-18(22)19(23)13-16)21(25)24-20-10-6-5-9-17(20)15-7-3-2-4-8-15/h2-14H,1H3,(H,24,25)/t14-/m0/s1. The molecule has 1 atom stereocenters. The molecule has 3 nitrogen and oxygen atoms in total. The zero-order valence-electron chi connectivity index (χ0n) is 14.1. The third-order valence-corrected chi connectivity index (χ3v) is 3.84. The summed E-state index contributed by atoms with van der Waals surface area (Å²) < 4.78 is 31.7. The molecule has 5 heteroatoms. The van der Waals surface area contributed by atoms with Gasteiger partial charge in [0.15, 0.2) is 17.7 Å². The Balaban J connectivity index is 1.74. The van der Waals surface area contributed by atoms with Crippen LogP contribution < -0.4 is 10.1 Å². The molecule has 0 saturated carbocycles. The second-order valence-corrected chi connectivity index (χ2v) is 5.74. The molecule has 3 aromatic rings. The zero-order chi connectivity index (χ0) is 18.5. The molecule has 132 valence electrons. The van der Waals surface area contributed by atoms with Crippen LogP contribution in [0.15, 0.2) is 72.8 Å². The molecule has 0 aromatic heterocycles. The Morgan fingerprint density at radius 3 is 2.35 bits per heavy atom. The summed E-state index contributed by atoms with van der Waals surface area (Å²) in [6, 6.07) is 20.2. The summed E-state index contributed by atoms with van der Waals surface area (Å²) in [5.74, 6) is -2.29. The number of anilines is 1. The first-order chi connectivity index (χ1) is 12.5. The number of hydrogen-bond acceptors (Lipinski definition) is 2. The highest BCUT2D eigenvalue weighted by atomic mass is 19.2. The van der Waals surface area contributed by atoms with Crippen molar-refractivity contribution in [3.8, 4) is 16.9 Å². The zero-order valence-corrected chi connectivity index (χ0v) is 14.1. The van der Waals surface area contributed by atoms with E-state index in [0.717, 1.165) is 23.3 Å². The van der Waals surface area contributed by atoms with Gasteiger partial charge in [-0.1, -0.05) is 48.5 Å². The maximum absolute atomic E-state index is 13.3. The molecule has 0 radical (unpaired) electrons. The van der Waals surface area contributed by atoms with Crippen molar-refractivity contribution in [2.24, 2.45) is 0 Å². The van der Waals surface area contributed by atoms with Gasteiger partial charge in [0, 0.05) is 17.3 Å². The van der Waals surface area contributed by atoms with Crippen molar-refractivity contribution >= 4 is 11.6 Å². The van der Waals surface area contributed by atoms with E-state index >= 15 is 0 Å². The maximum Gasteiger partial charge on any atom is 0.265 e. The van der Waals surface area contributed by atoms with Crippen molar-refractivity contribution in [3.63, 3.8) is 0 Å². The van der Waals surface area contributed by atoms with Crippen LogP contribution >= 0.6 is 0 Å². The molecule has 0 aliphatic heterocycles. The van der Waals surface area contributed by atoms with Gasteiger partial charge in [0.05, 0.1) is 0 Å². The fourth-order valence-corrected chi connectivity index (χ4v) is 2.50. The number of para-hydroxylation sites is 1. The summed E-state index contributed by atoms with van der Waals surface area (Å²) >= 11 is 0. The van der Waals surface area contributed by atoms with Gasteiger partial charge in [-0.15, -0.1) is 0 Å². The molecule has 0 spiro atoms. The van der Waals surface area contributed by atoms with Crippen LogP contribution in [0.3, 0.4) is 0 Å². The summed E-state index contributed by atoms with van der Waals surface area (Å²) in [7, 11) is 0. The molecule has 0 aliphatic rings. The molecule has 0 bridgehead atoms. The first-order valence-corrected chi connectivity index (χ1v) is 8.11. The smallest absolute Gasteiger partial charge is 0.265 e. The molecule has 0 heterocycles. The predicted octanol–water partition coefficient (Wildman–Crippen LogP) is 5.04. The monoisotopic (exact) mass is 353 g/mol. The summed E-state index contributed by atoms with van der Waals surface area (Å²) in [6.45, 7) is 1.54. The van der Waals surface area contributed by atoms with Crippen LogP contribution in [0.2, 0.25) is 0 Å². The summed E-state index contributed by atoms with van der Waals surface area (Å²) in [4.78, 5) is 12.4. The number of benzene rings is 3. The fourth-order valence-electron chi connectivity index (χ4n) is 2.50. The average molecular weight is 353 g/mol. The fraction of sp³-hybridized carbons (Fsp3) is 0.0952. The Hall–Kier alpha value is -3.21. The summed E-state index contributed by atoms with van der Waals surface area (Å²) in [5.41, 5.74) is 2.49. The number of nitrogens with one attached hydrogen (secondary N) is 1. The van der Waals surface area contributed by atoms with Gasteiger partial charge in [0.1, 0.15) is 5.75 Å². The van der Waals surface area contributed by atoms with E-state index in [2.05, 4.69) is 5.32 Å². The summed E-state index contributed by atoms with van der Waals surface area (Å²) in [5, 5.41) is 2.82. The number of halogens is 2. The van der Waals surface area contributed by atoms with E-state index in [0.29, 0.717) is 5.69 Å².